The lowest BCUT2D eigenvalue weighted by molar-refractivity contribution is -0.137. The van der Waals surface area contributed by atoms with Gasteiger partial charge in [-0.25, -0.2) is 0 Å². The lowest BCUT2D eigenvalue weighted by Gasteiger charge is -2.33. The van der Waals surface area contributed by atoms with Crippen molar-refractivity contribution in [3.05, 3.63) is 70.8 Å². The van der Waals surface area contributed by atoms with Crippen LogP contribution >= 0.6 is 12.4 Å². The Morgan fingerprint density at radius 3 is 2.54 bits per heavy atom. The van der Waals surface area contributed by atoms with E-state index < -0.39 is 11.7 Å². The van der Waals surface area contributed by atoms with Crippen LogP contribution < -0.4 is 5.32 Å². The number of halogens is 4. The Hall–Kier alpha value is -1.56. The molecule has 6 heteroatoms. The molecule has 0 amide bonds. The molecule has 0 unspecified atom stereocenters. The number of rotatable bonds is 4. The van der Waals surface area contributed by atoms with Crippen LogP contribution in [0.4, 0.5) is 13.2 Å². The number of aryl methyl sites for hydroxylation is 1. The van der Waals surface area contributed by atoms with Crippen LogP contribution in [0.1, 0.15) is 41.1 Å². The van der Waals surface area contributed by atoms with Gasteiger partial charge in [0.15, 0.2) is 0 Å². The van der Waals surface area contributed by atoms with E-state index in [-0.39, 0.29) is 31.2 Å². The van der Waals surface area contributed by atoms with Crippen molar-refractivity contribution in [1.82, 2.24) is 5.32 Å². The van der Waals surface area contributed by atoms with Gasteiger partial charge in [0.1, 0.15) is 0 Å². The summed E-state index contributed by atoms with van der Waals surface area (Å²) in [6, 6.07) is 14.2. The van der Waals surface area contributed by atoms with Crippen molar-refractivity contribution in [1.29, 1.82) is 0 Å². The number of hydrogen-bond acceptors (Lipinski definition) is 2. The van der Waals surface area contributed by atoms with E-state index in [0.717, 1.165) is 24.9 Å². The smallest absolute Gasteiger partial charge is 0.372 e. The fraction of sp³-hybridized carbons (Fsp3) is 0.400. The van der Waals surface area contributed by atoms with Crippen molar-refractivity contribution in [2.75, 3.05) is 6.54 Å². The van der Waals surface area contributed by atoms with Gasteiger partial charge in [0, 0.05) is 0 Å². The summed E-state index contributed by atoms with van der Waals surface area (Å²) in [5.41, 5.74) is 1.68. The Morgan fingerprint density at radius 1 is 1.12 bits per heavy atom. The predicted octanol–water partition coefficient (Wildman–Crippen LogP) is 5.45. The average Bonchev–Trinajstić information content (AvgIpc) is 2.60. The molecule has 1 heterocycles. The summed E-state index contributed by atoms with van der Waals surface area (Å²) < 4.78 is 45.0. The molecule has 2 atom stereocenters. The van der Waals surface area contributed by atoms with E-state index in [2.05, 4.69) is 5.32 Å². The molecule has 0 aromatic heterocycles. The number of alkyl halides is 3. The average molecular weight is 386 g/mol. The highest BCUT2D eigenvalue weighted by Gasteiger charge is 2.31. The standard InChI is InChI=1S/C20H22F3NO.ClH/c1-14-10-15(12-17(11-14)20(21,22)23)13-25-18-8-5-9-24-19(18)16-6-3-2-4-7-16;/h2-4,6-7,10-12,18-19,24H,5,8-9,13H2,1H3;1H/t18-,19-;/m0./s1. The van der Waals surface area contributed by atoms with Crippen LogP contribution in [0.5, 0.6) is 0 Å². The van der Waals surface area contributed by atoms with Crippen molar-refractivity contribution in [2.45, 2.75) is 44.7 Å². The maximum Gasteiger partial charge on any atom is 0.416 e. The molecule has 1 aliphatic heterocycles. The van der Waals surface area contributed by atoms with Crippen LogP contribution in [0.15, 0.2) is 48.5 Å². The second-order valence-corrected chi connectivity index (χ2v) is 6.54. The second kappa shape index (κ2) is 8.89. The van der Waals surface area contributed by atoms with E-state index in [1.807, 2.05) is 30.3 Å². The van der Waals surface area contributed by atoms with Crippen molar-refractivity contribution in [3.8, 4) is 0 Å². The molecular weight excluding hydrogens is 363 g/mol. The van der Waals surface area contributed by atoms with Gasteiger partial charge >= 0.3 is 6.18 Å². The van der Waals surface area contributed by atoms with Crippen molar-refractivity contribution in [3.63, 3.8) is 0 Å². The minimum atomic E-state index is -4.33. The zero-order chi connectivity index (χ0) is 17.9. The third-order valence-electron chi connectivity index (χ3n) is 4.49. The quantitative estimate of drug-likeness (QED) is 0.756. The molecule has 26 heavy (non-hydrogen) atoms. The molecule has 3 rings (SSSR count). The van der Waals surface area contributed by atoms with Crippen LogP contribution in [-0.4, -0.2) is 12.6 Å². The number of piperidine rings is 1. The van der Waals surface area contributed by atoms with Gasteiger partial charge in [0.25, 0.3) is 0 Å². The molecule has 1 aliphatic rings. The van der Waals surface area contributed by atoms with E-state index in [1.54, 1.807) is 13.0 Å². The third kappa shape index (κ3) is 5.22. The summed E-state index contributed by atoms with van der Waals surface area (Å²) in [6.45, 7) is 2.77. The number of ether oxygens (including phenoxy) is 1. The Bertz CT molecular complexity index is 706. The number of hydrogen-bond donors (Lipinski definition) is 1. The maximum atomic E-state index is 13.0. The Morgan fingerprint density at radius 2 is 1.85 bits per heavy atom. The minimum absolute atomic E-state index is 0. The molecule has 0 bridgehead atoms. The predicted molar refractivity (Wildman–Crippen MR) is 98.4 cm³/mol. The van der Waals surface area contributed by atoms with Crippen LogP contribution in [0.2, 0.25) is 0 Å². The summed E-state index contributed by atoms with van der Waals surface area (Å²) >= 11 is 0. The molecule has 2 nitrogen and oxygen atoms in total. The molecule has 1 N–H and O–H groups in total. The van der Waals surface area contributed by atoms with Gasteiger partial charge < -0.3 is 10.1 Å². The summed E-state index contributed by atoms with van der Waals surface area (Å²) in [7, 11) is 0. The Balaban J connectivity index is 0.00000243. The zero-order valence-electron chi connectivity index (χ0n) is 14.6. The lowest BCUT2D eigenvalue weighted by Crippen LogP contribution is -2.39. The third-order valence-corrected chi connectivity index (χ3v) is 4.49. The molecule has 1 fully saturated rings. The van der Waals surface area contributed by atoms with Crippen LogP contribution in [-0.2, 0) is 17.5 Å². The Kier molecular flexibility index (Phi) is 7.09. The molecule has 1 saturated heterocycles. The number of nitrogens with one attached hydrogen (secondary N) is 1. The van der Waals surface area contributed by atoms with Crippen LogP contribution in [0.3, 0.4) is 0 Å². The first-order valence-corrected chi connectivity index (χ1v) is 8.51. The van der Waals surface area contributed by atoms with E-state index in [0.29, 0.717) is 11.1 Å². The first-order chi connectivity index (χ1) is 11.9. The molecule has 0 aliphatic carbocycles. The van der Waals surface area contributed by atoms with Gasteiger partial charge in [0.2, 0.25) is 0 Å². The second-order valence-electron chi connectivity index (χ2n) is 6.54. The fourth-order valence-corrected chi connectivity index (χ4v) is 3.34. The molecule has 0 saturated carbocycles. The Labute approximate surface area is 158 Å². The van der Waals surface area contributed by atoms with Crippen molar-refractivity contribution in [2.24, 2.45) is 0 Å². The molecular formula is C20H23ClF3NO. The SMILES string of the molecule is Cc1cc(CO[C@H]2CCCN[C@H]2c2ccccc2)cc(C(F)(F)F)c1.Cl. The molecule has 0 spiro atoms. The first kappa shape index (κ1) is 20.7. The van der Waals surface area contributed by atoms with E-state index in [9.17, 15) is 13.2 Å². The molecule has 0 radical (unpaired) electrons. The van der Waals surface area contributed by atoms with E-state index in [1.165, 1.54) is 12.1 Å². The first-order valence-electron chi connectivity index (χ1n) is 8.51. The largest absolute Gasteiger partial charge is 0.416 e. The van der Waals surface area contributed by atoms with Crippen LogP contribution in [0, 0.1) is 6.92 Å². The van der Waals surface area contributed by atoms with Crippen molar-refractivity contribution >= 4 is 12.4 Å². The summed E-state index contributed by atoms with van der Waals surface area (Å²) in [5, 5.41) is 3.46. The lowest BCUT2D eigenvalue weighted by atomic mass is 9.94. The van der Waals surface area contributed by atoms with Gasteiger partial charge in [0.05, 0.1) is 24.3 Å². The van der Waals surface area contributed by atoms with Gasteiger partial charge in [-0.3, -0.25) is 0 Å². The summed E-state index contributed by atoms with van der Waals surface area (Å²) in [6.07, 6.45) is -2.49. The highest BCUT2D eigenvalue weighted by Crippen LogP contribution is 2.31. The van der Waals surface area contributed by atoms with Crippen molar-refractivity contribution < 1.29 is 17.9 Å². The van der Waals surface area contributed by atoms with Gasteiger partial charge in [-0.1, -0.05) is 42.0 Å². The molecule has 2 aromatic carbocycles. The minimum Gasteiger partial charge on any atom is -0.372 e. The normalized spacial score (nSPS) is 20.5. The van der Waals surface area contributed by atoms with Crippen LogP contribution in [0.25, 0.3) is 0 Å². The maximum absolute atomic E-state index is 13.0. The summed E-state index contributed by atoms with van der Waals surface area (Å²) in [5.74, 6) is 0. The monoisotopic (exact) mass is 385 g/mol. The number of benzene rings is 2. The fourth-order valence-electron chi connectivity index (χ4n) is 3.34. The molecule has 142 valence electrons. The molecule has 2 aromatic rings. The van der Waals surface area contributed by atoms with Gasteiger partial charge in [-0.15, -0.1) is 12.4 Å². The van der Waals surface area contributed by atoms with E-state index >= 15 is 0 Å². The summed E-state index contributed by atoms with van der Waals surface area (Å²) in [4.78, 5) is 0. The van der Waals surface area contributed by atoms with Gasteiger partial charge in [-0.2, -0.15) is 13.2 Å². The topological polar surface area (TPSA) is 21.3 Å². The zero-order valence-corrected chi connectivity index (χ0v) is 15.4. The highest BCUT2D eigenvalue weighted by atomic mass is 35.5. The van der Waals surface area contributed by atoms with Gasteiger partial charge in [-0.05, 0) is 49.6 Å². The van der Waals surface area contributed by atoms with E-state index in [4.69, 9.17) is 4.74 Å². The highest BCUT2D eigenvalue weighted by molar-refractivity contribution is 5.85.